The number of carbonyl (C=O) groups excluding carboxylic acids is 1. The zero-order valence-corrected chi connectivity index (χ0v) is 18.3. The van der Waals surface area contributed by atoms with Gasteiger partial charge in [-0.15, -0.1) is 0 Å². The van der Waals surface area contributed by atoms with Crippen molar-refractivity contribution in [2.75, 3.05) is 14.2 Å². The van der Waals surface area contributed by atoms with E-state index in [1.54, 1.807) is 50.7 Å². The number of amides is 1. The van der Waals surface area contributed by atoms with Crippen molar-refractivity contribution >= 4 is 5.91 Å². The van der Waals surface area contributed by atoms with Gasteiger partial charge in [-0.1, -0.05) is 35.5 Å². The van der Waals surface area contributed by atoms with Gasteiger partial charge in [0.05, 0.1) is 19.8 Å². The van der Waals surface area contributed by atoms with Crippen molar-refractivity contribution in [2.24, 2.45) is 0 Å². The Bertz CT molecular complexity index is 1220. The van der Waals surface area contributed by atoms with E-state index in [2.05, 4.69) is 15.5 Å². The molecule has 0 bridgehead atoms. The Morgan fingerprint density at radius 3 is 2.61 bits per heavy atom. The zero-order valence-electron chi connectivity index (χ0n) is 18.3. The third-order valence-corrected chi connectivity index (χ3v) is 4.90. The molecule has 0 aliphatic carbocycles. The zero-order chi connectivity index (χ0) is 23.0. The van der Waals surface area contributed by atoms with Gasteiger partial charge in [-0.05, 0) is 35.4 Å². The molecule has 8 nitrogen and oxygen atoms in total. The van der Waals surface area contributed by atoms with Crippen LogP contribution < -0.4 is 19.5 Å². The Hall–Kier alpha value is -4.33. The predicted octanol–water partition coefficient (Wildman–Crippen LogP) is 4.26. The molecule has 33 heavy (non-hydrogen) atoms. The van der Waals surface area contributed by atoms with Crippen LogP contribution in [-0.2, 0) is 13.2 Å². The van der Waals surface area contributed by atoms with Crippen LogP contribution in [0.5, 0.6) is 17.4 Å². The topological polar surface area (TPSA) is 95.7 Å². The molecule has 168 valence electrons. The highest BCUT2D eigenvalue weighted by atomic mass is 16.5. The molecule has 4 aromatic rings. The fraction of sp³-hybridized carbons (Fsp3) is 0.160. The van der Waals surface area contributed by atoms with Crippen LogP contribution in [0.2, 0.25) is 0 Å². The minimum absolute atomic E-state index is 0.157. The first-order valence-electron chi connectivity index (χ1n) is 10.2. The van der Waals surface area contributed by atoms with E-state index in [-0.39, 0.29) is 18.1 Å². The first-order valence-corrected chi connectivity index (χ1v) is 10.2. The highest BCUT2D eigenvalue weighted by Gasteiger charge is 2.17. The number of hydrogen-bond donors (Lipinski definition) is 1. The number of nitrogens with zero attached hydrogens (tertiary/aromatic N) is 2. The molecular weight excluding hydrogens is 422 g/mol. The van der Waals surface area contributed by atoms with Crippen LogP contribution in [0.3, 0.4) is 0 Å². The standard InChI is InChI=1S/C25H23N3O5/c1-30-19-8-9-22(31-2)20(13-19)23-14-21(28-33-23)25(29)27-15-18-10-11-26-24(12-18)32-16-17-6-4-3-5-7-17/h3-14H,15-16H2,1-2H3,(H,27,29). The summed E-state index contributed by atoms with van der Waals surface area (Å²) in [5.74, 6) is 1.74. The lowest BCUT2D eigenvalue weighted by Crippen LogP contribution is -2.23. The van der Waals surface area contributed by atoms with Crippen molar-refractivity contribution in [3.05, 3.63) is 89.7 Å². The van der Waals surface area contributed by atoms with Gasteiger partial charge >= 0.3 is 0 Å². The van der Waals surface area contributed by atoms with Gasteiger partial charge in [-0.2, -0.15) is 0 Å². The van der Waals surface area contributed by atoms with Gasteiger partial charge in [0.15, 0.2) is 11.5 Å². The Labute approximate surface area is 191 Å². The fourth-order valence-electron chi connectivity index (χ4n) is 3.16. The number of nitrogens with one attached hydrogen (secondary N) is 1. The van der Waals surface area contributed by atoms with Crippen LogP contribution in [0.4, 0.5) is 0 Å². The lowest BCUT2D eigenvalue weighted by atomic mass is 10.1. The number of rotatable bonds is 9. The summed E-state index contributed by atoms with van der Waals surface area (Å²) in [6, 6.07) is 20.3. The maximum absolute atomic E-state index is 12.6. The Morgan fingerprint density at radius 2 is 1.82 bits per heavy atom. The minimum atomic E-state index is -0.365. The van der Waals surface area contributed by atoms with E-state index in [0.29, 0.717) is 35.3 Å². The first kappa shape index (κ1) is 21.9. The van der Waals surface area contributed by atoms with Gasteiger partial charge in [-0.25, -0.2) is 4.98 Å². The summed E-state index contributed by atoms with van der Waals surface area (Å²) in [4.78, 5) is 16.8. The van der Waals surface area contributed by atoms with Gasteiger partial charge < -0.3 is 24.1 Å². The number of carbonyl (C=O) groups is 1. The second-order valence-electron chi connectivity index (χ2n) is 7.10. The normalized spacial score (nSPS) is 10.5. The van der Waals surface area contributed by atoms with Crippen LogP contribution in [0.25, 0.3) is 11.3 Å². The number of aromatic nitrogens is 2. The van der Waals surface area contributed by atoms with Crippen molar-refractivity contribution in [2.45, 2.75) is 13.2 Å². The monoisotopic (exact) mass is 445 g/mol. The second kappa shape index (κ2) is 10.3. The fourth-order valence-corrected chi connectivity index (χ4v) is 3.16. The molecular formula is C25H23N3O5. The Kier molecular flexibility index (Phi) is 6.84. The molecule has 0 fully saturated rings. The van der Waals surface area contributed by atoms with Crippen LogP contribution in [0.1, 0.15) is 21.6 Å². The third kappa shape index (κ3) is 5.48. The highest BCUT2D eigenvalue weighted by molar-refractivity contribution is 5.93. The molecule has 1 N–H and O–H groups in total. The first-order chi connectivity index (χ1) is 16.2. The summed E-state index contributed by atoms with van der Waals surface area (Å²) in [6.45, 7) is 0.701. The van der Waals surface area contributed by atoms with Crippen molar-refractivity contribution in [1.82, 2.24) is 15.5 Å². The Balaban J connectivity index is 1.39. The van der Waals surface area contributed by atoms with Crippen molar-refractivity contribution in [1.29, 1.82) is 0 Å². The number of ether oxygens (including phenoxy) is 3. The molecule has 0 saturated heterocycles. The van der Waals surface area contributed by atoms with E-state index in [9.17, 15) is 4.79 Å². The number of methoxy groups -OCH3 is 2. The van der Waals surface area contributed by atoms with Crippen molar-refractivity contribution in [3.63, 3.8) is 0 Å². The van der Waals surface area contributed by atoms with Crippen LogP contribution in [0.15, 0.2) is 77.4 Å². The number of benzene rings is 2. The van der Waals surface area contributed by atoms with Crippen LogP contribution in [0, 0.1) is 0 Å². The molecule has 2 aromatic heterocycles. The van der Waals surface area contributed by atoms with Crippen molar-refractivity contribution < 1.29 is 23.5 Å². The summed E-state index contributed by atoms with van der Waals surface area (Å²) in [5, 5.41) is 6.73. The number of pyridine rings is 1. The van der Waals surface area contributed by atoms with Gasteiger partial charge in [-0.3, -0.25) is 4.79 Å². The van der Waals surface area contributed by atoms with E-state index >= 15 is 0 Å². The third-order valence-electron chi connectivity index (χ3n) is 4.90. The molecule has 2 aromatic carbocycles. The van der Waals surface area contributed by atoms with Gasteiger partial charge in [0.2, 0.25) is 5.88 Å². The molecule has 0 aliphatic rings. The molecule has 0 aliphatic heterocycles. The molecule has 0 unspecified atom stereocenters. The molecule has 0 saturated carbocycles. The number of hydrogen-bond acceptors (Lipinski definition) is 7. The average molecular weight is 445 g/mol. The van der Waals surface area contributed by atoms with E-state index in [0.717, 1.165) is 11.1 Å². The molecule has 0 atom stereocenters. The lowest BCUT2D eigenvalue weighted by Gasteiger charge is -2.08. The summed E-state index contributed by atoms with van der Waals surface area (Å²) >= 11 is 0. The SMILES string of the molecule is COc1ccc(OC)c(-c2cc(C(=O)NCc3ccnc(OCc4ccccc4)c3)no2)c1. The van der Waals surface area contributed by atoms with E-state index in [4.69, 9.17) is 18.7 Å². The van der Waals surface area contributed by atoms with Crippen LogP contribution in [-0.4, -0.2) is 30.3 Å². The van der Waals surface area contributed by atoms with Crippen molar-refractivity contribution in [3.8, 4) is 28.7 Å². The molecule has 1 amide bonds. The van der Waals surface area contributed by atoms with E-state index in [1.807, 2.05) is 36.4 Å². The quantitative estimate of drug-likeness (QED) is 0.411. The molecule has 0 spiro atoms. The predicted molar refractivity (Wildman–Crippen MR) is 121 cm³/mol. The molecule has 0 radical (unpaired) electrons. The maximum atomic E-state index is 12.6. The smallest absolute Gasteiger partial charge is 0.273 e. The molecule has 2 heterocycles. The van der Waals surface area contributed by atoms with Gasteiger partial charge in [0, 0.05) is 24.9 Å². The maximum Gasteiger partial charge on any atom is 0.273 e. The second-order valence-corrected chi connectivity index (χ2v) is 7.10. The summed E-state index contributed by atoms with van der Waals surface area (Å²) in [6.07, 6.45) is 1.64. The average Bonchev–Trinajstić information content (AvgIpc) is 3.37. The largest absolute Gasteiger partial charge is 0.497 e. The Morgan fingerprint density at radius 1 is 0.970 bits per heavy atom. The van der Waals surface area contributed by atoms with E-state index < -0.39 is 0 Å². The lowest BCUT2D eigenvalue weighted by molar-refractivity contribution is 0.0942. The summed E-state index contributed by atoms with van der Waals surface area (Å²) in [7, 11) is 3.13. The molecule has 8 heteroatoms. The van der Waals surface area contributed by atoms with Crippen LogP contribution >= 0.6 is 0 Å². The summed E-state index contributed by atoms with van der Waals surface area (Å²) < 4.78 is 21.8. The van der Waals surface area contributed by atoms with Gasteiger partial charge in [0.1, 0.15) is 18.1 Å². The summed E-state index contributed by atoms with van der Waals surface area (Å²) in [5.41, 5.74) is 2.69. The van der Waals surface area contributed by atoms with Gasteiger partial charge in [0.25, 0.3) is 5.91 Å². The molecule has 4 rings (SSSR count). The van der Waals surface area contributed by atoms with E-state index in [1.165, 1.54) is 0 Å². The highest BCUT2D eigenvalue weighted by Crippen LogP contribution is 2.33. The minimum Gasteiger partial charge on any atom is -0.497 e.